The Balaban J connectivity index is 0.000000518. The fourth-order valence-electron chi connectivity index (χ4n) is 2.61. The van der Waals surface area contributed by atoms with Gasteiger partial charge in [-0.05, 0) is 20.8 Å². The molecule has 0 bridgehead atoms. The van der Waals surface area contributed by atoms with Gasteiger partial charge in [-0.25, -0.2) is 0 Å². The van der Waals surface area contributed by atoms with E-state index in [0.717, 1.165) is 19.3 Å². The summed E-state index contributed by atoms with van der Waals surface area (Å²) in [5.74, 6) is -1.36. The van der Waals surface area contributed by atoms with Crippen molar-refractivity contribution in [2.45, 2.75) is 20.8 Å². The van der Waals surface area contributed by atoms with E-state index in [-0.39, 0.29) is 62.0 Å². The minimum absolute atomic E-state index is 0. The van der Waals surface area contributed by atoms with Crippen LogP contribution in [0, 0.1) is 19.3 Å². The van der Waals surface area contributed by atoms with Crippen LogP contribution in [0.5, 0.6) is 0 Å². The van der Waals surface area contributed by atoms with Crippen LogP contribution < -0.4 is 0 Å². The van der Waals surface area contributed by atoms with Gasteiger partial charge in [-0.1, -0.05) is 54.6 Å². The number of ketones is 6. The summed E-state index contributed by atoms with van der Waals surface area (Å²) in [4.78, 5) is 65.2. The van der Waals surface area contributed by atoms with E-state index in [9.17, 15) is 28.8 Å². The molecule has 0 amide bonds. The van der Waals surface area contributed by atoms with E-state index in [2.05, 4.69) is 0 Å². The van der Waals surface area contributed by atoms with Crippen LogP contribution in [0.25, 0.3) is 0 Å². The molecular formula is C30H27O6Tl. The van der Waals surface area contributed by atoms with Gasteiger partial charge in [0.25, 0.3) is 0 Å². The van der Waals surface area contributed by atoms with E-state index >= 15 is 0 Å². The molecule has 6 nitrogen and oxygen atoms in total. The van der Waals surface area contributed by atoms with Crippen molar-refractivity contribution in [3.05, 3.63) is 127 Å². The smallest absolute Gasteiger partial charge is 0.331 e. The minimum atomic E-state index is -0.233. The number of hydrogen-bond acceptors (Lipinski definition) is 6. The number of carbonyl (C=O) groups excluding carboxylic acids is 6. The van der Waals surface area contributed by atoms with Crippen molar-refractivity contribution in [1.29, 1.82) is 0 Å². The first-order valence-corrected chi connectivity index (χ1v) is 10.9. The molecule has 186 valence electrons. The monoisotopic (exact) mass is 688 g/mol. The molecular weight excluding hydrogens is 661 g/mol. The summed E-state index contributed by atoms with van der Waals surface area (Å²) in [7, 11) is 0. The predicted molar refractivity (Wildman–Crippen MR) is 143 cm³/mol. The van der Waals surface area contributed by atoms with Crippen LogP contribution in [0.3, 0.4) is 0 Å². The van der Waals surface area contributed by atoms with Gasteiger partial charge in [-0.2, -0.15) is 0 Å². The molecule has 0 fully saturated rings. The van der Waals surface area contributed by atoms with Gasteiger partial charge in [-0.3, -0.25) is 0 Å². The number of carbonyl (C=O) groups is 6. The molecule has 0 aliphatic heterocycles. The molecule has 0 unspecified atom stereocenters. The Morgan fingerprint density at radius 1 is 0.405 bits per heavy atom. The average Bonchev–Trinajstić information content (AvgIpc) is 2.85. The Bertz CT molecular complexity index is 1020. The van der Waals surface area contributed by atoms with Gasteiger partial charge in [0.05, 0.1) is 17.3 Å². The Labute approximate surface area is 237 Å². The van der Waals surface area contributed by atoms with Crippen LogP contribution in [0.2, 0.25) is 0 Å². The molecule has 3 aromatic carbocycles. The van der Waals surface area contributed by atoms with E-state index in [1.807, 2.05) is 18.2 Å². The Kier molecular flexibility index (Phi) is 16.6. The largest absolute Gasteiger partial charge is 3.00 e. The first-order valence-electron chi connectivity index (χ1n) is 10.9. The zero-order valence-corrected chi connectivity index (χ0v) is 25.4. The quantitative estimate of drug-likeness (QED) is 0.141. The first-order chi connectivity index (χ1) is 17.1. The van der Waals surface area contributed by atoms with Crippen LogP contribution in [0.15, 0.2) is 91.0 Å². The van der Waals surface area contributed by atoms with Crippen LogP contribution in [-0.2, 0) is 14.4 Å². The number of hydrogen-bond donors (Lipinski definition) is 0. The van der Waals surface area contributed by atoms with Gasteiger partial charge in [-0.15, -0.1) is 72.4 Å². The van der Waals surface area contributed by atoms with E-state index in [1.165, 1.54) is 20.8 Å². The topological polar surface area (TPSA) is 102 Å². The standard InChI is InChI=1S/3C10H9O2.Tl/c3*1-8(11)7-10(12)9-5-3-2-4-6-9;/h3*2-7H,1H3;/q3*-1;+3. The van der Waals surface area contributed by atoms with Crippen molar-refractivity contribution in [2.24, 2.45) is 0 Å². The molecule has 0 aromatic heterocycles. The van der Waals surface area contributed by atoms with Crippen molar-refractivity contribution < 1.29 is 28.8 Å². The fraction of sp³-hybridized carbons (Fsp3) is 0.100. The van der Waals surface area contributed by atoms with E-state index in [4.69, 9.17) is 0 Å². The van der Waals surface area contributed by atoms with E-state index in [0.29, 0.717) is 16.7 Å². The van der Waals surface area contributed by atoms with Crippen molar-refractivity contribution in [3.63, 3.8) is 0 Å². The van der Waals surface area contributed by atoms with E-state index in [1.54, 1.807) is 72.8 Å². The number of benzene rings is 3. The molecule has 0 saturated heterocycles. The molecule has 3 rings (SSSR count). The molecule has 0 radical (unpaired) electrons. The third-order valence-electron chi connectivity index (χ3n) is 4.18. The van der Waals surface area contributed by atoms with Gasteiger partial charge in [0.2, 0.25) is 0 Å². The minimum Gasteiger partial charge on any atom is -0.331 e. The molecule has 0 N–H and O–H groups in total. The normalized spacial score (nSPS) is 8.84. The van der Waals surface area contributed by atoms with Crippen molar-refractivity contribution >= 4 is 62.0 Å². The zero-order valence-electron chi connectivity index (χ0n) is 20.9. The van der Waals surface area contributed by atoms with Gasteiger partial charge in [0, 0.05) is 17.3 Å². The summed E-state index contributed by atoms with van der Waals surface area (Å²) in [6.07, 6.45) is 3.28. The van der Waals surface area contributed by atoms with Crippen LogP contribution in [-0.4, -0.2) is 62.0 Å². The SMILES string of the molecule is CC(=O)[CH-]C(=O)c1ccccc1.CC(=O)[CH-]C(=O)c1ccccc1.CC(=O)[CH-]C(=O)c1ccccc1.[Tl+3]. The van der Waals surface area contributed by atoms with Crippen molar-refractivity contribution in [1.82, 2.24) is 0 Å². The second-order valence-corrected chi connectivity index (χ2v) is 7.46. The van der Waals surface area contributed by atoms with Gasteiger partial charge in [0.1, 0.15) is 0 Å². The Morgan fingerprint density at radius 2 is 0.595 bits per heavy atom. The summed E-state index contributed by atoms with van der Waals surface area (Å²) < 4.78 is 0. The zero-order chi connectivity index (χ0) is 26.9. The third-order valence-corrected chi connectivity index (χ3v) is 4.18. The van der Waals surface area contributed by atoms with Crippen molar-refractivity contribution in [3.8, 4) is 0 Å². The summed E-state index contributed by atoms with van der Waals surface area (Å²) in [5, 5.41) is 0. The predicted octanol–water partition coefficient (Wildman–Crippen LogP) is 4.61. The molecule has 0 aliphatic carbocycles. The summed E-state index contributed by atoms with van der Waals surface area (Å²) in [5.41, 5.74) is 1.65. The summed E-state index contributed by atoms with van der Waals surface area (Å²) >= 11 is 0. The van der Waals surface area contributed by atoms with E-state index < -0.39 is 0 Å². The molecule has 3 aromatic rings. The first kappa shape index (κ1) is 33.2. The van der Waals surface area contributed by atoms with Crippen LogP contribution in [0.1, 0.15) is 51.8 Å². The maximum atomic E-state index is 11.2. The molecule has 0 saturated carbocycles. The van der Waals surface area contributed by atoms with Gasteiger partial charge >= 0.3 is 27.3 Å². The van der Waals surface area contributed by atoms with Crippen molar-refractivity contribution in [2.75, 3.05) is 0 Å². The molecule has 0 atom stereocenters. The second-order valence-electron chi connectivity index (χ2n) is 7.46. The molecule has 37 heavy (non-hydrogen) atoms. The Morgan fingerprint density at radius 3 is 0.757 bits per heavy atom. The maximum Gasteiger partial charge on any atom is 3.00 e. The van der Waals surface area contributed by atoms with Crippen LogP contribution >= 0.6 is 0 Å². The van der Waals surface area contributed by atoms with Crippen LogP contribution in [0.4, 0.5) is 0 Å². The van der Waals surface area contributed by atoms with Gasteiger partial charge < -0.3 is 28.8 Å². The average molecular weight is 688 g/mol. The maximum absolute atomic E-state index is 11.2. The number of rotatable bonds is 9. The fourth-order valence-corrected chi connectivity index (χ4v) is 2.61. The summed E-state index contributed by atoms with van der Waals surface area (Å²) in [6, 6.07) is 26.2. The summed E-state index contributed by atoms with van der Waals surface area (Å²) in [6.45, 7) is 4.09. The molecule has 7 heteroatoms. The third kappa shape index (κ3) is 15.0. The molecule has 0 aliphatic rings. The van der Waals surface area contributed by atoms with Gasteiger partial charge in [0.15, 0.2) is 0 Å². The number of Topliss-reactive ketones (excluding diaryl/α,β-unsaturated/α-hetero) is 6. The Hall–Kier alpha value is -3.79. The second kappa shape index (κ2) is 18.5. The molecule has 0 spiro atoms. The molecule has 0 heterocycles.